The van der Waals surface area contributed by atoms with Crippen LogP contribution in [0.4, 0.5) is 0 Å². The van der Waals surface area contributed by atoms with E-state index in [0.29, 0.717) is 25.5 Å². The number of aromatic carboxylic acids is 1. The Morgan fingerprint density at radius 3 is 2.44 bits per heavy atom. The van der Waals surface area contributed by atoms with Crippen molar-refractivity contribution in [3.8, 4) is 5.75 Å². The highest BCUT2D eigenvalue weighted by atomic mass is 16.5. The van der Waals surface area contributed by atoms with Crippen molar-refractivity contribution >= 4 is 11.9 Å². The van der Waals surface area contributed by atoms with Gasteiger partial charge in [-0.15, -0.1) is 0 Å². The topological polar surface area (TPSA) is 84.9 Å². The molecule has 0 unspecified atom stereocenters. The van der Waals surface area contributed by atoms with Gasteiger partial charge in [0.25, 0.3) is 0 Å². The third-order valence-electron chi connectivity index (χ3n) is 3.56. The largest absolute Gasteiger partial charge is 0.491 e. The van der Waals surface area contributed by atoms with E-state index in [9.17, 15) is 9.59 Å². The molecule has 6 nitrogen and oxygen atoms in total. The summed E-state index contributed by atoms with van der Waals surface area (Å²) in [6.45, 7) is 1.29. The average Bonchev–Trinajstić information content (AvgIpc) is 2.61. The van der Waals surface area contributed by atoms with Gasteiger partial charge < -0.3 is 19.9 Å². The number of hydrogen-bond donors (Lipinski definition) is 2. The summed E-state index contributed by atoms with van der Waals surface area (Å²) in [5, 5.41) is 11.7. The van der Waals surface area contributed by atoms with Crippen LogP contribution in [0.3, 0.4) is 0 Å². The van der Waals surface area contributed by atoms with E-state index in [1.165, 1.54) is 12.1 Å². The van der Waals surface area contributed by atoms with E-state index in [1.807, 2.05) is 24.3 Å². The van der Waals surface area contributed by atoms with Gasteiger partial charge in [0.05, 0.1) is 18.6 Å². The van der Waals surface area contributed by atoms with E-state index in [1.54, 1.807) is 19.2 Å². The lowest BCUT2D eigenvalue weighted by Crippen LogP contribution is -2.25. The average molecular weight is 343 g/mol. The highest BCUT2D eigenvalue weighted by Crippen LogP contribution is 2.17. The first-order valence-corrected chi connectivity index (χ1v) is 7.88. The van der Waals surface area contributed by atoms with Crippen molar-refractivity contribution in [3.05, 3.63) is 65.2 Å². The molecule has 0 saturated carbocycles. The summed E-state index contributed by atoms with van der Waals surface area (Å²) in [4.78, 5) is 22.9. The number of amides is 1. The minimum absolute atomic E-state index is 0.144. The molecule has 25 heavy (non-hydrogen) atoms. The molecule has 0 fully saturated rings. The summed E-state index contributed by atoms with van der Waals surface area (Å²) >= 11 is 0. The Kier molecular flexibility index (Phi) is 6.98. The first-order valence-electron chi connectivity index (χ1n) is 7.88. The highest BCUT2D eigenvalue weighted by molar-refractivity contribution is 5.87. The normalized spacial score (nSPS) is 10.3. The lowest BCUT2D eigenvalue weighted by atomic mass is 10.1. The molecule has 2 N–H and O–H groups in total. The number of carboxylic acid groups (broad SMARTS) is 1. The molecule has 0 radical (unpaired) electrons. The number of ether oxygens (including phenoxy) is 2. The Hall–Kier alpha value is -2.86. The van der Waals surface area contributed by atoms with Crippen molar-refractivity contribution < 1.29 is 24.2 Å². The quantitative estimate of drug-likeness (QED) is 0.682. The number of hydrogen-bond acceptors (Lipinski definition) is 4. The fourth-order valence-electron chi connectivity index (χ4n) is 2.23. The van der Waals surface area contributed by atoms with E-state index >= 15 is 0 Å². The van der Waals surface area contributed by atoms with E-state index in [2.05, 4.69) is 5.32 Å². The molecule has 1 amide bonds. The van der Waals surface area contributed by atoms with E-state index < -0.39 is 5.97 Å². The number of carbonyl (C=O) groups excluding carboxylic acids is 1. The van der Waals surface area contributed by atoms with Gasteiger partial charge in [-0.05, 0) is 23.8 Å². The van der Waals surface area contributed by atoms with Crippen molar-refractivity contribution in [3.63, 3.8) is 0 Å². The van der Waals surface area contributed by atoms with Crippen LogP contribution in [0.25, 0.3) is 0 Å². The van der Waals surface area contributed by atoms with Gasteiger partial charge in [-0.25, -0.2) is 4.79 Å². The maximum Gasteiger partial charge on any atom is 0.335 e. The molecule has 2 aromatic rings. The Labute approximate surface area is 146 Å². The number of rotatable bonds is 9. The van der Waals surface area contributed by atoms with E-state index in [0.717, 1.165) is 11.1 Å². The zero-order valence-corrected chi connectivity index (χ0v) is 14.0. The van der Waals surface area contributed by atoms with Gasteiger partial charge in [0, 0.05) is 19.2 Å². The molecule has 0 atom stereocenters. The van der Waals surface area contributed by atoms with Crippen molar-refractivity contribution in [1.29, 1.82) is 0 Å². The molecule has 132 valence electrons. The lowest BCUT2D eigenvalue weighted by molar-refractivity contribution is -0.120. The summed E-state index contributed by atoms with van der Waals surface area (Å²) in [6, 6.07) is 13.8. The van der Waals surface area contributed by atoms with Crippen LogP contribution < -0.4 is 10.1 Å². The molecular weight excluding hydrogens is 322 g/mol. The van der Waals surface area contributed by atoms with Gasteiger partial charge >= 0.3 is 5.97 Å². The predicted octanol–water partition coefficient (Wildman–Crippen LogP) is 2.27. The number of nitrogens with one attached hydrogen (secondary N) is 1. The predicted molar refractivity (Wildman–Crippen MR) is 92.8 cm³/mol. The molecule has 0 aliphatic carbocycles. The molecule has 0 aromatic heterocycles. The zero-order chi connectivity index (χ0) is 18.1. The minimum Gasteiger partial charge on any atom is -0.491 e. The first-order chi connectivity index (χ1) is 12.1. The van der Waals surface area contributed by atoms with Crippen molar-refractivity contribution in [2.24, 2.45) is 0 Å². The van der Waals surface area contributed by atoms with Gasteiger partial charge in [-0.1, -0.05) is 30.3 Å². The zero-order valence-electron chi connectivity index (χ0n) is 14.0. The second-order valence-corrected chi connectivity index (χ2v) is 5.40. The van der Waals surface area contributed by atoms with Crippen LogP contribution in [-0.2, 0) is 22.5 Å². The maximum atomic E-state index is 12.1. The summed E-state index contributed by atoms with van der Waals surface area (Å²) < 4.78 is 10.6. The van der Waals surface area contributed by atoms with Gasteiger partial charge in [-0.2, -0.15) is 0 Å². The van der Waals surface area contributed by atoms with Gasteiger partial charge in [0.15, 0.2) is 0 Å². The summed E-state index contributed by atoms with van der Waals surface area (Å²) in [5.41, 5.74) is 1.84. The third kappa shape index (κ3) is 5.93. The Balaban J connectivity index is 1.88. The van der Waals surface area contributed by atoms with Gasteiger partial charge in [-0.3, -0.25) is 4.79 Å². The van der Waals surface area contributed by atoms with Crippen LogP contribution in [-0.4, -0.2) is 37.3 Å². The van der Waals surface area contributed by atoms with Crippen LogP contribution in [0.1, 0.15) is 21.5 Å². The molecule has 0 spiro atoms. The highest BCUT2D eigenvalue weighted by Gasteiger charge is 2.08. The second-order valence-electron chi connectivity index (χ2n) is 5.40. The van der Waals surface area contributed by atoms with Crippen LogP contribution in [0, 0.1) is 0 Å². The van der Waals surface area contributed by atoms with Crippen LogP contribution in [0.2, 0.25) is 0 Å². The fraction of sp³-hybridized carbons (Fsp3) is 0.263. The van der Waals surface area contributed by atoms with Gasteiger partial charge in [0.2, 0.25) is 5.91 Å². The Morgan fingerprint density at radius 1 is 1.04 bits per heavy atom. The van der Waals surface area contributed by atoms with Crippen molar-refractivity contribution in [2.75, 3.05) is 20.3 Å². The van der Waals surface area contributed by atoms with Crippen LogP contribution >= 0.6 is 0 Å². The lowest BCUT2D eigenvalue weighted by Gasteiger charge is -2.12. The molecule has 2 rings (SSSR count). The summed E-state index contributed by atoms with van der Waals surface area (Å²) in [6.07, 6.45) is 0.187. The number of benzene rings is 2. The monoisotopic (exact) mass is 343 g/mol. The van der Waals surface area contributed by atoms with Gasteiger partial charge in [0.1, 0.15) is 12.4 Å². The smallest absolute Gasteiger partial charge is 0.335 e. The van der Waals surface area contributed by atoms with E-state index in [-0.39, 0.29) is 17.9 Å². The number of carbonyl (C=O) groups is 2. The van der Waals surface area contributed by atoms with E-state index in [4.69, 9.17) is 14.6 Å². The number of methoxy groups -OCH3 is 1. The summed E-state index contributed by atoms with van der Waals surface area (Å²) in [5.74, 6) is -0.415. The van der Waals surface area contributed by atoms with Crippen LogP contribution in [0.15, 0.2) is 48.5 Å². The van der Waals surface area contributed by atoms with Crippen molar-refractivity contribution in [2.45, 2.75) is 13.0 Å². The standard InChI is InChI=1S/C19H21NO5/c1-24-10-11-25-17-5-3-2-4-16(17)13-20-18(21)12-14-6-8-15(9-7-14)19(22)23/h2-9H,10-13H2,1H3,(H,20,21)(H,22,23). The molecule has 0 saturated heterocycles. The molecular formula is C19H21NO5. The minimum atomic E-state index is -0.985. The third-order valence-corrected chi connectivity index (χ3v) is 3.56. The molecule has 2 aromatic carbocycles. The fourth-order valence-corrected chi connectivity index (χ4v) is 2.23. The molecule has 0 bridgehead atoms. The number of para-hydroxylation sites is 1. The molecule has 0 aliphatic heterocycles. The number of carboxylic acids is 1. The first kappa shape index (κ1) is 18.5. The van der Waals surface area contributed by atoms with Crippen molar-refractivity contribution in [1.82, 2.24) is 5.32 Å². The Morgan fingerprint density at radius 2 is 1.76 bits per heavy atom. The molecule has 0 aliphatic rings. The SMILES string of the molecule is COCCOc1ccccc1CNC(=O)Cc1ccc(C(=O)O)cc1. The second kappa shape index (κ2) is 9.44. The molecule has 0 heterocycles. The Bertz CT molecular complexity index is 712. The summed E-state index contributed by atoms with van der Waals surface area (Å²) in [7, 11) is 1.61. The maximum absolute atomic E-state index is 12.1. The molecule has 6 heteroatoms. The van der Waals surface area contributed by atoms with Crippen LogP contribution in [0.5, 0.6) is 5.75 Å².